The third kappa shape index (κ3) is 6.21. The molecule has 1 heterocycles. The summed E-state index contributed by atoms with van der Waals surface area (Å²) >= 11 is 0. The molecule has 2 N–H and O–H groups in total. The maximum Gasteiger partial charge on any atom is 0.255 e. The van der Waals surface area contributed by atoms with Crippen molar-refractivity contribution in [1.29, 1.82) is 0 Å². The molecule has 3 aromatic rings. The molecule has 4 rings (SSSR count). The minimum Gasteiger partial charge on any atom is -0.492 e. The van der Waals surface area contributed by atoms with Crippen molar-refractivity contribution < 1.29 is 19.1 Å². The van der Waals surface area contributed by atoms with Crippen molar-refractivity contribution in [3.05, 3.63) is 78.4 Å². The number of ether oxygens (including phenoxy) is 2. The Kier molecular flexibility index (Phi) is 7.91. The van der Waals surface area contributed by atoms with E-state index in [1.807, 2.05) is 54.3 Å². The lowest BCUT2D eigenvalue weighted by molar-refractivity contribution is -0.118. The first-order valence-electron chi connectivity index (χ1n) is 11.5. The number of nitrogens with one attached hydrogen (secondary N) is 2. The molecule has 0 aromatic heterocycles. The molecule has 0 atom stereocenters. The van der Waals surface area contributed by atoms with Gasteiger partial charge in [0.1, 0.15) is 5.75 Å². The molecule has 1 fully saturated rings. The summed E-state index contributed by atoms with van der Waals surface area (Å²) < 4.78 is 11.0. The Bertz CT molecular complexity index is 1110. The van der Waals surface area contributed by atoms with E-state index >= 15 is 0 Å². The molecular formula is C27H29N3O4. The maximum atomic E-state index is 12.8. The van der Waals surface area contributed by atoms with Crippen LogP contribution >= 0.6 is 0 Å². The summed E-state index contributed by atoms with van der Waals surface area (Å²) in [5, 5.41) is 5.83. The Morgan fingerprint density at radius 1 is 0.912 bits per heavy atom. The number of anilines is 2. The normalized spacial score (nSPS) is 13.8. The molecule has 2 amide bonds. The largest absolute Gasteiger partial charge is 0.492 e. The monoisotopic (exact) mass is 459 g/mol. The first kappa shape index (κ1) is 23.5. The van der Waals surface area contributed by atoms with Gasteiger partial charge in [-0.1, -0.05) is 42.5 Å². The summed E-state index contributed by atoms with van der Waals surface area (Å²) in [6, 6.07) is 22.7. The highest BCUT2D eigenvalue weighted by atomic mass is 16.5. The Labute approximate surface area is 199 Å². The Morgan fingerprint density at radius 2 is 1.62 bits per heavy atom. The molecule has 7 heteroatoms. The SMILES string of the molecule is CCOc1ccc(NC(=O)c2ccc(-c3ccccc3)cc2)cc1NC(=O)CN1CCOCC1. The zero-order valence-corrected chi connectivity index (χ0v) is 19.3. The van der Waals surface area contributed by atoms with Crippen LogP contribution in [0.1, 0.15) is 17.3 Å². The third-order valence-electron chi connectivity index (χ3n) is 5.54. The van der Waals surface area contributed by atoms with Crippen molar-refractivity contribution in [2.24, 2.45) is 0 Å². The van der Waals surface area contributed by atoms with Gasteiger partial charge in [-0.05, 0) is 48.4 Å². The van der Waals surface area contributed by atoms with Crippen LogP contribution in [0.2, 0.25) is 0 Å². The topological polar surface area (TPSA) is 79.9 Å². The van der Waals surface area contributed by atoms with E-state index in [9.17, 15) is 9.59 Å². The maximum absolute atomic E-state index is 12.8. The zero-order valence-electron chi connectivity index (χ0n) is 19.3. The van der Waals surface area contributed by atoms with Crippen molar-refractivity contribution in [3.63, 3.8) is 0 Å². The van der Waals surface area contributed by atoms with Crippen molar-refractivity contribution in [2.45, 2.75) is 6.92 Å². The molecule has 0 bridgehead atoms. The molecule has 3 aromatic carbocycles. The molecule has 0 saturated carbocycles. The van der Waals surface area contributed by atoms with Gasteiger partial charge in [0.05, 0.1) is 32.1 Å². The zero-order chi connectivity index (χ0) is 23.8. The van der Waals surface area contributed by atoms with E-state index in [0.29, 0.717) is 42.5 Å². The van der Waals surface area contributed by atoms with E-state index in [-0.39, 0.29) is 18.4 Å². The summed E-state index contributed by atoms with van der Waals surface area (Å²) in [5.74, 6) is 0.195. The summed E-state index contributed by atoms with van der Waals surface area (Å²) in [5.41, 5.74) is 3.79. The first-order valence-corrected chi connectivity index (χ1v) is 11.5. The number of carbonyl (C=O) groups excluding carboxylic acids is 2. The molecule has 7 nitrogen and oxygen atoms in total. The van der Waals surface area contributed by atoms with E-state index in [1.54, 1.807) is 30.3 Å². The second-order valence-electron chi connectivity index (χ2n) is 7.98. The van der Waals surface area contributed by atoms with Crippen LogP contribution in [-0.2, 0) is 9.53 Å². The summed E-state index contributed by atoms with van der Waals surface area (Å²) in [6.07, 6.45) is 0. The number of rotatable bonds is 8. The molecule has 1 saturated heterocycles. The van der Waals surface area contributed by atoms with Gasteiger partial charge >= 0.3 is 0 Å². The van der Waals surface area contributed by atoms with Gasteiger partial charge in [0, 0.05) is 24.3 Å². The predicted molar refractivity (Wildman–Crippen MR) is 133 cm³/mol. The minimum atomic E-state index is -0.227. The van der Waals surface area contributed by atoms with Crippen LogP contribution < -0.4 is 15.4 Å². The van der Waals surface area contributed by atoms with E-state index in [2.05, 4.69) is 10.6 Å². The van der Waals surface area contributed by atoms with Crippen molar-refractivity contribution in [1.82, 2.24) is 4.90 Å². The van der Waals surface area contributed by atoms with Crippen LogP contribution in [0, 0.1) is 0 Å². The highest BCUT2D eigenvalue weighted by Crippen LogP contribution is 2.29. The quantitative estimate of drug-likeness (QED) is 0.526. The van der Waals surface area contributed by atoms with Crippen molar-refractivity contribution >= 4 is 23.2 Å². The van der Waals surface area contributed by atoms with Crippen LogP contribution in [0.4, 0.5) is 11.4 Å². The number of hydrogen-bond donors (Lipinski definition) is 2. The van der Waals surface area contributed by atoms with Crippen LogP contribution in [0.15, 0.2) is 72.8 Å². The average molecular weight is 460 g/mol. The van der Waals surface area contributed by atoms with Crippen molar-refractivity contribution in [2.75, 3.05) is 50.1 Å². The number of nitrogens with zero attached hydrogens (tertiary/aromatic N) is 1. The van der Waals surface area contributed by atoms with Crippen LogP contribution in [0.5, 0.6) is 5.75 Å². The fraction of sp³-hybridized carbons (Fsp3) is 0.259. The molecule has 1 aliphatic heterocycles. The average Bonchev–Trinajstić information content (AvgIpc) is 2.87. The van der Waals surface area contributed by atoms with E-state index in [1.165, 1.54) is 0 Å². The highest BCUT2D eigenvalue weighted by Gasteiger charge is 2.16. The fourth-order valence-corrected chi connectivity index (χ4v) is 3.79. The van der Waals surface area contributed by atoms with Gasteiger partial charge in [0.25, 0.3) is 5.91 Å². The molecule has 0 spiro atoms. The molecule has 34 heavy (non-hydrogen) atoms. The van der Waals surface area contributed by atoms with Gasteiger partial charge < -0.3 is 20.1 Å². The Morgan fingerprint density at radius 3 is 2.32 bits per heavy atom. The number of amides is 2. The molecule has 0 aliphatic carbocycles. The smallest absolute Gasteiger partial charge is 0.255 e. The lowest BCUT2D eigenvalue weighted by atomic mass is 10.0. The minimum absolute atomic E-state index is 0.136. The number of carbonyl (C=O) groups is 2. The van der Waals surface area contributed by atoms with Crippen LogP contribution in [-0.4, -0.2) is 56.2 Å². The van der Waals surface area contributed by atoms with E-state index in [4.69, 9.17) is 9.47 Å². The van der Waals surface area contributed by atoms with E-state index in [0.717, 1.165) is 24.2 Å². The highest BCUT2D eigenvalue weighted by molar-refractivity contribution is 6.05. The van der Waals surface area contributed by atoms with Crippen LogP contribution in [0.3, 0.4) is 0 Å². The summed E-state index contributed by atoms with van der Waals surface area (Å²) in [4.78, 5) is 27.5. The third-order valence-corrected chi connectivity index (χ3v) is 5.54. The standard InChI is InChI=1S/C27H29N3O4/c1-2-34-25-13-12-23(18-24(25)29-26(31)19-30-14-16-33-17-15-30)28-27(32)22-10-8-21(9-11-22)20-6-4-3-5-7-20/h3-13,18H,2,14-17,19H2,1H3,(H,28,32)(H,29,31). The molecule has 0 radical (unpaired) electrons. The van der Waals surface area contributed by atoms with E-state index < -0.39 is 0 Å². The number of benzene rings is 3. The molecule has 1 aliphatic rings. The lowest BCUT2D eigenvalue weighted by Crippen LogP contribution is -2.41. The first-order chi connectivity index (χ1) is 16.6. The molecular weight excluding hydrogens is 430 g/mol. The van der Waals surface area contributed by atoms with Gasteiger partial charge in [0.2, 0.25) is 5.91 Å². The van der Waals surface area contributed by atoms with Gasteiger partial charge in [-0.3, -0.25) is 14.5 Å². The number of hydrogen-bond acceptors (Lipinski definition) is 5. The second kappa shape index (κ2) is 11.4. The predicted octanol–water partition coefficient (Wildman–Crippen LogP) is 4.28. The molecule has 0 unspecified atom stereocenters. The van der Waals surface area contributed by atoms with Gasteiger partial charge in [-0.2, -0.15) is 0 Å². The van der Waals surface area contributed by atoms with Crippen LogP contribution in [0.25, 0.3) is 11.1 Å². The lowest BCUT2D eigenvalue weighted by Gasteiger charge is -2.26. The summed E-state index contributed by atoms with van der Waals surface area (Å²) in [7, 11) is 0. The fourth-order valence-electron chi connectivity index (χ4n) is 3.79. The second-order valence-corrected chi connectivity index (χ2v) is 7.98. The Hall–Kier alpha value is -3.68. The molecule has 176 valence electrons. The van der Waals surface area contributed by atoms with Gasteiger partial charge in [-0.25, -0.2) is 0 Å². The number of morpholine rings is 1. The Balaban J connectivity index is 1.43. The van der Waals surface area contributed by atoms with Gasteiger partial charge in [-0.15, -0.1) is 0 Å². The van der Waals surface area contributed by atoms with Gasteiger partial charge in [0.15, 0.2) is 0 Å². The van der Waals surface area contributed by atoms with Crippen molar-refractivity contribution in [3.8, 4) is 16.9 Å². The summed E-state index contributed by atoms with van der Waals surface area (Å²) in [6.45, 7) is 5.34.